The molecular weight excluding hydrogens is 917 g/mol. The number of methoxy groups -OCH3 is 3. The predicted molar refractivity (Wildman–Crippen MR) is 219 cm³/mol. The molecule has 0 atom stereocenters. The van der Waals surface area contributed by atoms with Crippen molar-refractivity contribution in [2.75, 3.05) is 41.2 Å². The largest absolute Gasteiger partial charge is 2.00 e. The van der Waals surface area contributed by atoms with E-state index >= 15 is 0 Å². The van der Waals surface area contributed by atoms with Gasteiger partial charge in [-0.15, -0.1) is 22.2 Å². The fraction of sp³-hybridized carbons (Fsp3) is 0.857. The number of hydrogen-bond donors (Lipinski definition) is 2. The van der Waals surface area contributed by atoms with Gasteiger partial charge in [-0.25, -0.2) is 24.8 Å². The van der Waals surface area contributed by atoms with Gasteiger partial charge in [0.2, 0.25) is 0 Å². The second kappa shape index (κ2) is 44.2. The Bertz CT molecular complexity index is 703. The van der Waals surface area contributed by atoms with E-state index in [0.717, 1.165) is 6.61 Å². The molecule has 0 aliphatic heterocycles. The van der Waals surface area contributed by atoms with E-state index in [0.29, 0.717) is 13.2 Å². The summed E-state index contributed by atoms with van der Waals surface area (Å²) < 4.78 is 14.1. The summed E-state index contributed by atoms with van der Waals surface area (Å²) in [5.74, 6) is 1.32. The van der Waals surface area contributed by atoms with Crippen LogP contribution >= 0.6 is 34.1 Å². The average molecular weight is 994 g/mol. The molecule has 0 aliphatic carbocycles. The van der Waals surface area contributed by atoms with Gasteiger partial charge >= 0.3 is 132 Å². The minimum atomic E-state index is -3.29. The first-order chi connectivity index (χ1) is 21.3. The maximum absolute atomic E-state index is 8.89. The van der Waals surface area contributed by atoms with E-state index in [9.17, 15) is 0 Å². The van der Waals surface area contributed by atoms with E-state index in [-0.39, 0.29) is 110 Å². The van der Waals surface area contributed by atoms with Crippen molar-refractivity contribution >= 4 is 34.1 Å². The quantitative estimate of drug-likeness (QED) is 0.253. The van der Waals surface area contributed by atoms with Crippen LogP contribution in [-0.4, -0.2) is 90.2 Å². The number of rotatable bonds is 10. The number of hydrogen-bond acceptors (Lipinski definition) is 6. The minimum absolute atomic E-state index is 0. The van der Waals surface area contributed by atoms with Crippen LogP contribution in [0.5, 0.6) is 0 Å². The van der Waals surface area contributed by atoms with Gasteiger partial charge in [0.25, 0.3) is 0 Å². The molecule has 0 aliphatic rings. The minimum Gasteiger partial charge on any atom is -0.870 e. The smallest absolute Gasteiger partial charge is 0.870 e. The molecule has 0 radical (unpaired) electrons. The van der Waals surface area contributed by atoms with Gasteiger partial charge < -0.3 is 51.2 Å². The maximum Gasteiger partial charge on any atom is 2.00 e. The Morgan fingerprint density at radius 1 is 0.500 bits per heavy atom. The van der Waals surface area contributed by atoms with Crippen molar-refractivity contribution in [2.45, 2.75) is 158 Å². The van der Waals surface area contributed by atoms with Crippen molar-refractivity contribution in [1.82, 2.24) is 0 Å². The van der Waals surface area contributed by atoms with Crippen molar-refractivity contribution in [1.29, 1.82) is 0 Å². The number of halogens is 4. The van der Waals surface area contributed by atoms with Crippen LogP contribution in [-0.2, 0) is 55.9 Å². The Hall–Kier alpha value is 3.16. The van der Waals surface area contributed by atoms with E-state index in [2.05, 4.69) is 114 Å². The molecule has 312 valence electrons. The van der Waals surface area contributed by atoms with E-state index in [1.165, 1.54) is 5.92 Å². The van der Waals surface area contributed by atoms with Crippen molar-refractivity contribution in [3.8, 4) is 0 Å². The van der Waals surface area contributed by atoms with Crippen LogP contribution in [0.15, 0.2) is 24.8 Å². The third-order valence-electron chi connectivity index (χ3n) is 3.41. The fourth-order valence-electron chi connectivity index (χ4n) is 2.02. The Morgan fingerprint density at radius 2 is 0.667 bits per heavy atom. The van der Waals surface area contributed by atoms with Gasteiger partial charge in [-0.3, -0.25) is 5.92 Å². The Balaban J connectivity index is -0.0000000461. The van der Waals surface area contributed by atoms with E-state index in [4.69, 9.17) is 49.0 Å². The Morgan fingerprint density at radius 3 is 0.704 bits per heavy atom. The molecule has 54 heavy (non-hydrogen) atoms. The second-order valence-electron chi connectivity index (χ2n) is 16.4. The van der Waals surface area contributed by atoms with Gasteiger partial charge in [0, 0.05) is 21.3 Å². The van der Waals surface area contributed by atoms with Crippen molar-refractivity contribution in [3.05, 3.63) is 52.0 Å². The summed E-state index contributed by atoms with van der Waals surface area (Å²) in [5.41, 5.74) is -1.33. The summed E-state index contributed by atoms with van der Waals surface area (Å²) in [6.45, 7) is 37.3. The molecule has 10 nitrogen and oxygen atoms in total. The Labute approximate surface area is 408 Å². The number of ether oxygens (including phenoxy) is 3. The third kappa shape index (κ3) is 156. The van der Waals surface area contributed by atoms with Gasteiger partial charge in [0.05, 0.1) is 24.4 Å². The van der Waals surface area contributed by atoms with Crippen molar-refractivity contribution < 1.29 is 128 Å². The predicted octanol–water partition coefficient (Wildman–Crippen LogP) is 3.25. The third-order valence-corrected chi connectivity index (χ3v) is 3.41. The molecule has 0 aromatic rings. The van der Waals surface area contributed by atoms with Crippen LogP contribution in [0.1, 0.15) is 125 Å². The van der Waals surface area contributed by atoms with Crippen LogP contribution in [0, 0.1) is 5.92 Å². The fourth-order valence-corrected chi connectivity index (χ4v) is 2.02. The first kappa shape index (κ1) is 84.6. The molecule has 0 heterocycles. The first-order valence-electron chi connectivity index (χ1n) is 15.9. The molecule has 0 saturated heterocycles. The number of aliphatic hydroxyl groups is 2. The van der Waals surface area contributed by atoms with Crippen LogP contribution in [0.2, 0.25) is 0 Å². The first-order valence-corrected chi connectivity index (χ1v) is 28.6. The molecule has 0 aromatic carbocycles. The molecule has 0 saturated carbocycles. The molecule has 0 bridgehead atoms. The molecule has 0 aromatic heterocycles. The standard InChI is InChI=1S/2C10H20N2.2C5H12O2.C5H11O.4ClH.3Li.H2O.2Zr/c2*1-9(2,3)11-7-8-12-10(4,5)6;2*1-5(2,6)4-7-3;1-5(2)4-6-3;;;;;;;;;;/h2*7-8H,1-6H3;2*6H,4H2,1-3H3;4H2,1-3H3;4*1H;;;;1H2;;/q2*-2;;;-1;;;;;3*+1;;+2;+4/p-5/b8-7-;;;;;;;;;;;;;;. The van der Waals surface area contributed by atoms with Crippen LogP contribution < -0.4 is 56.6 Å². The Kier molecular flexibility index (Phi) is 69.3. The van der Waals surface area contributed by atoms with Gasteiger partial charge in [-0.1, -0.05) is 89.7 Å². The summed E-state index contributed by atoms with van der Waals surface area (Å²) in [6, 6.07) is 0. The molecule has 19 heteroatoms. The zero-order chi connectivity index (χ0) is 41.0. The molecular formula is C35H76Cl4Li3N4O6Zr2-. The monoisotopic (exact) mass is 989 g/mol. The van der Waals surface area contributed by atoms with E-state index in [1.54, 1.807) is 73.8 Å². The maximum atomic E-state index is 8.89. The SMILES string of the molecule is CC(C)(C)[N-]/C=C\[N-]C(C)(C)C.CC(C)(C)[N-]C=C[N-]C(C)(C)C.COCC(C)(C)O.COCC(C)(C)O.COC[C-](C)C.[Cl][Zr]([Cl])([Cl])[Cl].[Li+].[Li+].[Li+].[OH-].[Zr+2]. The molecule has 0 rings (SSSR count). The molecule has 3 N–H and O–H groups in total. The van der Waals surface area contributed by atoms with E-state index in [1.807, 2.05) is 13.8 Å². The summed E-state index contributed by atoms with van der Waals surface area (Å²) in [6.07, 6.45) is 7.08. The van der Waals surface area contributed by atoms with Gasteiger partial charge in [-0.2, -0.15) is 13.8 Å². The van der Waals surface area contributed by atoms with E-state index < -0.39 is 26.7 Å². The summed E-state index contributed by atoms with van der Waals surface area (Å²) in [7, 11) is 25.0. The molecule has 0 unspecified atom stereocenters. The van der Waals surface area contributed by atoms with Gasteiger partial charge in [-0.05, 0) is 27.7 Å². The van der Waals surface area contributed by atoms with Crippen molar-refractivity contribution in [3.63, 3.8) is 0 Å². The van der Waals surface area contributed by atoms with Crippen molar-refractivity contribution in [2.24, 2.45) is 0 Å². The van der Waals surface area contributed by atoms with Gasteiger partial charge in [0.1, 0.15) is 0 Å². The summed E-state index contributed by atoms with van der Waals surface area (Å²) in [5, 5.41) is 34.9. The topological polar surface area (TPSA) is 155 Å². The zero-order valence-electron chi connectivity index (χ0n) is 38.8. The molecule has 0 amide bonds. The molecule has 0 fully saturated rings. The van der Waals surface area contributed by atoms with Crippen LogP contribution in [0.25, 0.3) is 21.3 Å². The molecule has 0 spiro atoms. The second-order valence-corrected chi connectivity index (χ2v) is 38.7. The van der Waals surface area contributed by atoms with Crippen LogP contribution in [0.3, 0.4) is 0 Å². The van der Waals surface area contributed by atoms with Gasteiger partial charge in [0.15, 0.2) is 0 Å². The normalized spacial score (nSPS) is 11.3. The summed E-state index contributed by atoms with van der Waals surface area (Å²) in [4.78, 5) is 0. The number of nitrogens with zero attached hydrogens (tertiary/aromatic N) is 4. The average Bonchev–Trinajstić information content (AvgIpc) is 2.76. The zero-order valence-corrected chi connectivity index (χ0v) is 46.7. The van der Waals surface area contributed by atoms with Crippen LogP contribution in [0.4, 0.5) is 0 Å². The summed E-state index contributed by atoms with van der Waals surface area (Å²) >= 11 is -3.29.